The van der Waals surface area contributed by atoms with Crippen molar-refractivity contribution in [3.05, 3.63) is 58.6 Å². The molecule has 2 N–H and O–H groups in total. The molecule has 0 heterocycles. The number of aryl methyl sites for hydroxylation is 1. The van der Waals surface area contributed by atoms with E-state index >= 15 is 0 Å². The molecule has 0 aromatic heterocycles. The minimum Gasteiger partial charge on any atom is -0.484 e. The van der Waals surface area contributed by atoms with Gasteiger partial charge < -0.3 is 10.1 Å². The maximum absolute atomic E-state index is 12.1. The van der Waals surface area contributed by atoms with E-state index in [1.807, 2.05) is 19.1 Å². The molecule has 25 heavy (non-hydrogen) atoms. The highest BCUT2D eigenvalue weighted by Crippen LogP contribution is 2.14. The predicted octanol–water partition coefficient (Wildman–Crippen LogP) is 2.23. The second kappa shape index (κ2) is 8.98. The van der Waals surface area contributed by atoms with E-state index in [1.165, 1.54) is 12.1 Å². The van der Waals surface area contributed by atoms with Crippen LogP contribution < -0.4 is 14.8 Å². The zero-order valence-electron chi connectivity index (χ0n) is 13.7. The van der Waals surface area contributed by atoms with Crippen molar-refractivity contribution in [3.63, 3.8) is 0 Å². The Labute approximate surface area is 155 Å². The fraction of sp³-hybridized carbons (Fsp3) is 0.235. The molecule has 0 radical (unpaired) electrons. The van der Waals surface area contributed by atoms with Gasteiger partial charge in [0.05, 0.1) is 4.90 Å². The lowest BCUT2D eigenvalue weighted by molar-refractivity contribution is -0.123. The summed E-state index contributed by atoms with van der Waals surface area (Å²) in [5.41, 5.74) is 1.11. The molecule has 0 atom stereocenters. The number of hydrogen-bond acceptors (Lipinski definition) is 4. The van der Waals surface area contributed by atoms with Crippen LogP contribution in [0.5, 0.6) is 5.75 Å². The van der Waals surface area contributed by atoms with Crippen molar-refractivity contribution in [3.8, 4) is 5.75 Å². The summed E-state index contributed by atoms with van der Waals surface area (Å²) in [5.74, 6) is 0.292. The fourth-order valence-corrected chi connectivity index (χ4v) is 3.21. The number of halogens is 1. The second-order valence-corrected chi connectivity index (χ2v) is 7.99. The molecule has 0 fully saturated rings. The molecule has 0 bridgehead atoms. The summed E-state index contributed by atoms with van der Waals surface area (Å²) >= 11 is 3.25. The van der Waals surface area contributed by atoms with Crippen LogP contribution in [0.3, 0.4) is 0 Å². The van der Waals surface area contributed by atoms with Crippen LogP contribution in [0, 0.1) is 6.92 Å². The van der Waals surface area contributed by atoms with Gasteiger partial charge in [0.25, 0.3) is 5.91 Å². The van der Waals surface area contributed by atoms with Gasteiger partial charge in [0.15, 0.2) is 6.61 Å². The van der Waals surface area contributed by atoms with Crippen LogP contribution in [0.2, 0.25) is 0 Å². The summed E-state index contributed by atoms with van der Waals surface area (Å²) < 4.78 is 32.7. The molecule has 1 amide bonds. The van der Waals surface area contributed by atoms with Gasteiger partial charge in [-0.25, -0.2) is 13.1 Å². The van der Waals surface area contributed by atoms with Crippen LogP contribution >= 0.6 is 15.9 Å². The van der Waals surface area contributed by atoms with Gasteiger partial charge in [-0.15, -0.1) is 0 Å². The molecule has 6 nitrogen and oxygen atoms in total. The minimum atomic E-state index is -3.59. The van der Waals surface area contributed by atoms with E-state index in [-0.39, 0.29) is 30.5 Å². The van der Waals surface area contributed by atoms with Crippen molar-refractivity contribution >= 4 is 31.9 Å². The van der Waals surface area contributed by atoms with Crippen LogP contribution in [-0.4, -0.2) is 34.0 Å². The maximum atomic E-state index is 12.1. The number of carbonyl (C=O) groups excluding carboxylic acids is 1. The Bertz CT molecular complexity index is 806. The lowest BCUT2D eigenvalue weighted by Gasteiger charge is -2.09. The molecule has 134 valence electrons. The largest absolute Gasteiger partial charge is 0.484 e. The normalized spacial score (nSPS) is 11.1. The highest BCUT2D eigenvalue weighted by atomic mass is 79.9. The maximum Gasteiger partial charge on any atom is 0.257 e. The number of carbonyl (C=O) groups is 1. The Kier molecular flexibility index (Phi) is 6.98. The summed E-state index contributed by atoms with van der Waals surface area (Å²) in [6.07, 6.45) is 0. The predicted molar refractivity (Wildman–Crippen MR) is 99.0 cm³/mol. The smallest absolute Gasteiger partial charge is 0.257 e. The summed E-state index contributed by atoms with van der Waals surface area (Å²) in [5, 5.41) is 2.60. The molecule has 0 aliphatic heterocycles. The van der Waals surface area contributed by atoms with Gasteiger partial charge in [0.1, 0.15) is 5.75 Å². The van der Waals surface area contributed by atoms with Gasteiger partial charge in [-0.2, -0.15) is 0 Å². The number of benzene rings is 2. The van der Waals surface area contributed by atoms with E-state index < -0.39 is 10.0 Å². The number of amides is 1. The van der Waals surface area contributed by atoms with Crippen molar-refractivity contribution in [1.29, 1.82) is 0 Å². The topological polar surface area (TPSA) is 84.5 Å². The highest BCUT2D eigenvalue weighted by Gasteiger charge is 2.13. The van der Waals surface area contributed by atoms with Gasteiger partial charge >= 0.3 is 0 Å². The second-order valence-electron chi connectivity index (χ2n) is 5.30. The number of nitrogens with one attached hydrogen (secondary N) is 2. The molecule has 8 heteroatoms. The molecular weight excluding hydrogens is 408 g/mol. The quantitative estimate of drug-likeness (QED) is 0.633. The van der Waals surface area contributed by atoms with Gasteiger partial charge in [0, 0.05) is 17.6 Å². The van der Waals surface area contributed by atoms with Crippen LogP contribution in [0.15, 0.2) is 57.9 Å². The molecule has 0 unspecified atom stereocenters. The molecule has 0 spiro atoms. The minimum absolute atomic E-state index is 0.0919. The highest BCUT2D eigenvalue weighted by molar-refractivity contribution is 9.10. The van der Waals surface area contributed by atoms with E-state index in [4.69, 9.17) is 4.74 Å². The van der Waals surface area contributed by atoms with Crippen molar-refractivity contribution < 1.29 is 17.9 Å². The third-order valence-electron chi connectivity index (χ3n) is 3.25. The molecule has 2 rings (SSSR count). The number of hydrogen-bond donors (Lipinski definition) is 2. The van der Waals surface area contributed by atoms with Crippen molar-refractivity contribution in [2.24, 2.45) is 0 Å². The zero-order chi connectivity index (χ0) is 18.3. The standard InChI is InChI=1S/C17H19BrN2O4S/c1-13-2-6-15(7-3-13)24-12-17(21)19-10-11-20-25(22,23)16-8-4-14(18)5-9-16/h2-9,20H,10-12H2,1H3,(H,19,21). The Hall–Kier alpha value is -1.90. The van der Waals surface area contributed by atoms with E-state index in [9.17, 15) is 13.2 Å². The van der Waals surface area contributed by atoms with Crippen LogP contribution in [-0.2, 0) is 14.8 Å². The molecule has 0 saturated heterocycles. The van der Waals surface area contributed by atoms with Gasteiger partial charge in [0.2, 0.25) is 10.0 Å². The third-order valence-corrected chi connectivity index (χ3v) is 5.26. The summed E-state index contributed by atoms with van der Waals surface area (Å²) in [6.45, 7) is 2.11. The van der Waals surface area contributed by atoms with Crippen LogP contribution in [0.4, 0.5) is 0 Å². The summed E-state index contributed by atoms with van der Waals surface area (Å²) in [4.78, 5) is 11.9. The van der Waals surface area contributed by atoms with Crippen molar-refractivity contribution in [1.82, 2.24) is 10.0 Å². The van der Waals surface area contributed by atoms with E-state index in [1.54, 1.807) is 24.3 Å². The first-order valence-corrected chi connectivity index (χ1v) is 9.86. The Morgan fingerprint density at radius 2 is 1.68 bits per heavy atom. The molecule has 2 aromatic carbocycles. The van der Waals surface area contributed by atoms with E-state index in [2.05, 4.69) is 26.0 Å². The average molecular weight is 427 g/mol. The Morgan fingerprint density at radius 3 is 2.32 bits per heavy atom. The van der Waals surface area contributed by atoms with Crippen LogP contribution in [0.1, 0.15) is 5.56 Å². The number of sulfonamides is 1. The SMILES string of the molecule is Cc1ccc(OCC(=O)NCCNS(=O)(=O)c2ccc(Br)cc2)cc1. The Balaban J connectivity index is 1.70. The first-order valence-electron chi connectivity index (χ1n) is 7.58. The lowest BCUT2D eigenvalue weighted by Crippen LogP contribution is -2.36. The summed E-state index contributed by atoms with van der Waals surface area (Å²) in [6, 6.07) is 13.7. The first-order chi connectivity index (χ1) is 11.9. The van der Waals surface area contributed by atoms with Gasteiger partial charge in [-0.05, 0) is 43.3 Å². The van der Waals surface area contributed by atoms with Crippen LogP contribution in [0.25, 0.3) is 0 Å². The first kappa shape index (κ1) is 19.4. The Morgan fingerprint density at radius 1 is 1.04 bits per heavy atom. The van der Waals surface area contributed by atoms with E-state index in [0.29, 0.717) is 5.75 Å². The van der Waals surface area contributed by atoms with E-state index in [0.717, 1.165) is 10.0 Å². The van der Waals surface area contributed by atoms with Gasteiger partial charge in [-0.1, -0.05) is 33.6 Å². The molecule has 0 aliphatic rings. The lowest BCUT2D eigenvalue weighted by atomic mass is 10.2. The molecular formula is C17H19BrN2O4S. The number of rotatable bonds is 8. The molecule has 0 aliphatic carbocycles. The summed E-state index contributed by atoms with van der Waals surface area (Å²) in [7, 11) is -3.59. The van der Waals surface area contributed by atoms with Crippen molar-refractivity contribution in [2.75, 3.05) is 19.7 Å². The third kappa shape index (κ3) is 6.49. The van der Waals surface area contributed by atoms with Gasteiger partial charge in [-0.3, -0.25) is 4.79 Å². The average Bonchev–Trinajstić information content (AvgIpc) is 2.59. The monoisotopic (exact) mass is 426 g/mol. The molecule has 0 saturated carbocycles. The molecule has 2 aromatic rings. The van der Waals surface area contributed by atoms with Crippen molar-refractivity contribution in [2.45, 2.75) is 11.8 Å². The zero-order valence-corrected chi connectivity index (χ0v) is 16.1. The number of ether oxygens (including phenoxy) is 1. The fourth-order valence-electron chi connectivity index (χ4n) is 1.92.